The molecule has 0 unspecified atom stereocenters. The molecule has 0 radical (unpaired) electrons. The third-order valence-corrected chi connectivity index (χ3v) is 2.12. The standard InChI is InChI=1S/C12H17NO2/c1-3-13(11(2)14)15-10-9-12-7-5-4-6-8-12/h4-8H,3,9-10H2,1-2H3. The summed E-state index contributed by atoms with van der Waals surface area (Å²) < 4.78 is 0. The Labute approximate surface area is 90.6 Å². The summed E-state index contributed by atoms with van der Waals surface area (Å²) in [6.45, 7) is 4.53. The monoisotopic (exact) mass is 207 g/mol. The van der Waals surface area contributed by atoms with Crippen LogP contribution in [0.2, 0.25) is 0 Å². The third-order valence-electron chi connectivity index (χ3n) is 2.12. The summed E-state index contributed by atoms with van der Waals surface area (Å²) in [5, 5.41) is 1.38. The van der Waals surface area contributed by atoms with Crippen LogP contribution in [0.15, 0.2) is 30.3 Å². The average molecular weight is 207 g/mol. The van der Waals surface area contributed by atoms with Crippen molar-refractivity contribution in [2.45, 2.75) is 20.3 Å². The Morgan fingerprint density at radius 1 is 1.33 bits per heavy atom. The number of hydroxylamine groups is 2. The van der Waals surface area contributed by atoms with Crippen molar-refractivity contribution in [3.05, 3.63) is 35.9 Å². The van der Waals surface area contributed by atoms with E-state index in [0.29, 0.717) is 13.2 Å². The molecular weight excluding hydrogens is 190 g/mol. The highest BCUT2D eigenvalue weighted by Crippen LogP contribution is 2.01. The first kappa shape index (κ1) is 11.7. The SMILES string of the molecule is CCN(OCCc1ccccc1)C(C)=O. The topological polar surface area (TPSA) is 29.5 Å². The molecule has 1 rings (SSSR count). The van der Waals surface area contributed by atoms with Gasteiger partial charge in [0.25, 0.3) is 0 Å². The van der Waals surface area contributed by atoms with E-state index >= 15 is 0 Å². The van der Waals surface area contributed by atoms with Crippen molar-refractivity contribution >= 4 is 5.91 Å². The molecular formula is C12H17NO2. The summed E-state index contributed by atoms with van der Waals surface area (Å²) in [4.78, 5) is 16.4. The molecule has 0 atom stereocenters. The molecule has 1 aromatic rings. The minimum atomic E-state index is -0.0504. The van der Waals surface area contributed by atoms with Gasteiger partial charge in [0.05, 0.1) is 6.61 Å². The summed E-state index contributed by atoms with van der Waals surface area (Å²) in [6.07, 6.45) is 0.824. The Morgan fingerprint density at radius 2 is 2.00 bits per heavy atom. The third kappa shape index (κ3) is 4.13. The van der Waals surface area contributed by atoms with E-state index in [-0.39, 0.29) is 5.91 Å². The smallest absolute Gasteiger partial charge is 0.242 e. The van der Waals surface area contributed by atoms with Gasteiger partial charge >= 0.3 is 0 Å². The van der Waals surface area contributed by atoms with Crippen LogP contribution in [0.4, 0.5) is 0 Å². The molecule has 0 spiro atoms. The van der Waals surface area contributed by atoms with Gasteiger partial charge in [0.1, 0.15) is 0 Å². The van der Waals surface area contributed by atoms with Crippen LogP contribution in [-0.2, 0) is 16.1 Å². The first-order valence-electron chi connectivity index (χ1n) is 5.19. The van der Waals surface area contributed by atoms with Gasteiger partial charge in [-0.15, -0.1) is 0 Å². The predicted molar refractivity (Wildman–Crippen MR) is 59.2 cm³/mol. The van der Waals surface area contributed by atoms with Gasteiger partial charge < -0.3 is 0 Å². The molecule has 0 aliphatic rings. The second-order valence-corrected chi connectivity index (χ2v) is 3.28. The van der Waals surface area contributed by atoms with Crippen LogP contribution in [0.1, 0.15) is 19.4 Å². The molecule has 0 saturated heterocycles. The molecule has 0 bridgehead atoms. The number of rotatable bonds is 5. The highest BCUT2D eigenvalue weighted by molar-refractivity contribution is 5.71. The minimum absolute atomic E-state index is 0.0504. The van der Waals surface area contributed by atoms with E-state index < -0.39 is 0 Å². The fourth-order valence-corrected chi connectivity index (χ4v) is 1.32. The largest absolute Gasteiger partial charge is 0.273 e. The molecule has 0 aliphatic heterocycles. The van der Waals surface area contributed by atoms with E-state index in [9.17, 15) is 4.79 Å². The Kier molecular flexibility index (Phi) is 4.84. The zero-order valence-corrected chi connectivity index (χ0v) is 9.27. The molecule has 3 heteroatoms. The number of nitrogens with zero attached hydrogens (tertiary/aromatic N) is 1. The van der Waals surface area contributed by atoms with Crippen LogP contribution in [0.3, 0.4) is 0 Å². The van der Waals surface area contributed by atoms with Gasteiger partial charge in [0.15, 0.2) is 0 Å². The van der Waals surface area contributed by atoms with Crippen LogP contribution < -0.4 is 0 Å². The highest BCUT2D eigenvalue weighted by atomic mass is 16.7. The van der Waals surface area contributed by atoms with Crippen molar-refractivity contribution in [3.8, 4) is 0 Å². The lowest BCUT2D eigenvalue weighted by molar-refractivity contribution is -0.182. The van der Waals surface area contributed by atoms with Gasteiger partial charge in [-0.1, -0.05) is 30.3 Å². The summed E-state index contributed by atoms with van der Waals surface area (Å²) in [7, 11) is 0. The maximum atomic E-state index is 11.0. The fourth-order valence-electron chi connectivity index (χ4n) is 1.32. The Balaban J connectivity index is 2.30. The summed E-state index contributed by atoms with van der Waals surface area (Å²) in [5.41, 5.74) is 1.22. The van der Waals surface area contributed by atoms with Crippen LogP contribution in [0.25, 0.3) is 0 Å². The average Bonchev–Trinajstić information content (AvgIpc) is 2.25. The lowest BCUT2D eigenvalue weighted by atomic mass is 10.2. The Hall–Kier alpha value is -1.35. The zero-order valence-electron chi connectivity index (χ0n) is 9.27. The minimum Gasteiger partial charge on any atom is -0.273 e. The van der Waals surface area contributed by atoms with Gasteiger partial charge in [0, 0.05) is 13.5 Å². The molecule has 0 fully saturated rings. The van der Waals surface area contributed by atoms with Crippen LogP contribution in [0, 0.1) is 0 Å². The molecule has 0 N–H and O–H groups in total. The quantitative estimate of drug-likeness (QED) is 0.691. The fraction of sp³-hybridized carbons (Fsp3) is 0.417. The molecule has 3 nitrogen and oxygen atoms in total. The summed E-state index contributed by atoms with van der Waals surface area (Å²) in [5.74, 6) is -0.0504. The van der Waals surface area contributed by atoms with E-state index in [2.05, 4.69) is 0 Å². The first-order chi connectivity index (χ1) is 7.24. The van der Waals surface area contributed by atoms with Crippen molar-refractivity contribution in [3.63, 3.8) is 0 Å². The van der Waals surface area contributed by atoms with Crippen molar-refractivity contribution in [2.24, 2.45) is 0 Å². The lowest BCUT2D eigenvalue weighted by Crippen LogP contribution is -2.29. The van der Waals surface area contributed by atoms with Crippen molar-refractivity contribution in [1.82, 2.24) is 5.06 Å². The first-order valence-corrected chi connectivity index (χ1v) is 5.19. The normalized spacial score (nSPS) is 10.0. The predicted octanol–water partition coefficient (Wildman–Crippen LogP) is 2.03. The van der Waals surface area contributed by atoms with E-state index in [1.165, 1.54) is 17.6 Å². The maximum Gasteiger partial charge on any atom is 0.242 e. The van der Waals surface area contributed by atoms with Crippen LogP contribution >= 0.6 is 0 Å². The number of amides is 1. The summed E-state index contributed by atoms with van der Waals surface area (Å²) >= 11 is 0. The van der Waals surface area contributed by atoms with Crippen molar-refractivity contribution in [2.75, 3.05) is 13.2 Å². The van der Waals surface area contributed by atoms with E-state index in [4.69, 9.17) is 4.84 Å². The number of hydrogen-bond acceptors (Lipinski definition) is 2. The van der Waals surface area contributed by atoms with Crippen molar-refractivity contribution < 1.29 is 9.63 Å². The number of carbonyl (C=O) groups is 1. The van der Waals surface area contributed by atoms with E-state index in [1.807, 2.05) is 37.3 Å². The Morgan fingerprint density at radius 3 is 2.53 bits per heavy atom. The van der Waals surface area contributed by atoms with Gasteiger partial charge in [0.2, 0.25) is 5.91 Å². The second-order valence-electron chi connectivity index (χ2n) is 3.28. The molecule has 1 aromatic carbocycles. The van der Waals surface area contributed by atoms with E-state index in [0.717, 1.165) is 6.42 Å². The summed E-state index contributed by atoms with van der Waals surface area (Å²) in [6, 6.07) is 10.1. The Bertz CT molecular complexity index is 298. The molecule has 15 heavy (non-hydrogen) atoms. The molecule has 0 heterocycles. The molecule has 82 valence electrons. The van der Waals surface area contributed by atoms with Gasteiger partial charge in [-0.05, 0) is 18.9 Å². The van der Waals surface area contributed by atoms with Crippen LogP contribution in [0.5, 0.6) is 0 Å². The van der Waals surface area contributed by atoms with Gasteiger partial charge in [-0.3, -0.25) is 9.63 Å². The maximum absolute atomic E-state index is 11.0. The number of benzene rings is 1. The van der Waals surface area contributed by atoms with E-state index in [1.54, 1.807) is 0 Å². The molecule has 0 saturated carbocycles. The highest BCUT2D eigenvalue weighted by Gasteiger charge is 2.05. The number of hydrogen-bond donors (Lipinski definition) is 0. The number of carbonyl (C=O) groups excluding carboxylic acids is 1. The van der Waals surface area contributed by atoms with Crippen molar-refractivity contribution in [1.29, 1.82) is 0 Å². The lowest BCUT2D eigenvalue weighted by Gasteiger charge is -2.17. The van der Waals surface area contributed by atoms with Gasteiger partial charge in [-0.25, -0.2) is 5.06 Å². The van der Waals surface area contributed by atoms with Gasteiger partial charge in [-0.2, -0.15) is 0 Å². The van der Waals surface area contributed by atoms with Crippen LogP contribution in [-0.4, -0.2) is 24.1 Å². The zero-order chi connectivity index (χ0) is 11.1. The molecule has 1 amide bonds. The molecule has 0 aliphatic carbocycles. The second kappa shape index (κ2) is 6.19. The molecule has 0 aromatic heterocycles.